The van der Waals surface area contributed by atoms with Crippen LogP contribution in [-0.2, 0) is 19.8 Å². The molecule has 1 unspecified atom stereocenters. The average molecular weight is 776 g/mol. The summed E-state index contributed by atoms with van der Waals surface area (Å²) >= 11 is 13.7. The largest absolute Gasteiger partial charge is 0.492 e. The molecule has 0 spiro atoms. The second kappa shape index (κ2) is 20.0. The summed E-state index contributed by atoms with van der Waals surface area (Å²) in [4.78, 5) is 6.29. The maximum absolute atomic E-state index is 9.48. The number of likely N-dealkylation sites (N-methyl/N-ethyl adjacent to an activating group) is 1. The van der Waals surface area contributed by atoms with Crippen molar-refractivity contribution in [2.24, 2.45) is 0 Å². The van der Waals surface area contributed by atoms with Crippen LogP contribution in [-0.4, -0.2) is 86.7 Å². The second-order valence-corrected chi connectivity index (χ2v) is 13.8. The number of halogens is 2. The topological polar surface area (TPSA) is 175 Å². The maximum Gasteiger partial charge on any atom is 0.152 e. The van der Waals surface area contributed by atoms with Crippen molar-refractivity contribution >= 4 is 23.2 Å². The third kappa shape index (κ3) is 11.1. The number of nitrogens with one attached hydrogen (secondary N) is 2. The average Bonchev–Trinajstić information content (AvgIpc) is 3.72. The molecule has 54 heavy (non-hydrogen) atoms. The molecule has 4 N–H and O–H groups in total. The number of pyridine rings is 1. The zero-order valence-corrected chi connectivity index (χ0v) is 31.9. The zero-order valence-electron chi connectivity index (χ0n) is 30.4. The normalized spacial score (nSPS) is 12.4. The lowest BCUT2D eigenvalue weighted by Crippen LogP contribution is -2.30. The smallest absolute Gasteiger partial charge is 0.152 e. The van der Waals surface area contributed by atoms with Crippen LogP contribution in [0.4, 0.5) is 0 Å². The molecule has 2 aromatic heterocycles. The van der Waals surface area contributed by atoms with Crippen LogP contribution < -0.4 is 19.5 Å². The van der Waals surface area contributed by atoms with Gasteiger partial charge >= 0.3 is 0 Å². The summed E-state index contributed by atoms with van der Waals surface area (Å²) in [7, 11) is 2.00. The minimum atomic E-state index is -0.782. The first-order valence-electron chi connectivity index (χ1n) is 17.5. The van der Waals surface area contributed by atoms with Gasteiger partial charge in [0.15, 0.2) is 5.82 Å². The van der Waals surface area contributed by atoms with Crippen LogP contribution in [0.5, 0.6) is 17.2 Å². The molecule has 3 aromatic carbocycles. The van der Waals surface area contributed by atoms with Crippen LogP contribution in [0.1, 0.15) is 52.9 Å². The Hall–Kier alpha value is -4.81. The number of aliphatic hydroxyl groups excluding tert-OH is 2. The van der Waals surface area contributed by atoms with E-state index in [0.717, 1.165) is 33.4 Å². The number of rotatable bonds is 20. The first-order chi connectivity index (χ1) is 26.2. The van der Waals surface area contributed by atoms with Gasteiger partial charge in [-0.05, 0) is 72.3 Å². The molecule has 0 aliphatic heterocycles. The van der Waals surface area contributed by atoms with E-state index in [9.17, 15) is 10.4 Å². The molecule has 5 aromatic rings. The summed E-state index contributed by atoms with van der Waals surface area (Å²) in [6, 6.07) is 19.2. The fourth-order valence-corrected chi connectivity index (χ4v) is 6.37. The molecule has 0 aliphatic rings. The molecule has 13 nitrogen and oxygen atoms in total. The van der Waals surface area contributed by atoms with Crippen molar-refractivity contribution in [3.63, 3.8) is 0 Å². The minimum absolute atomic E-state index is 0.0588. The highest BCUT2D eigenvalue weighted by molar-refractivity contribution is 6.35. The Balaban J connectivity index is 1.30. The number of hydrogen-bond acceptors (Lipinski definition) is 12. The lowest BCUT2D eigenvalue weighted by atomic mass is 9.96. The summed E-state index contributed by atoms with van der Waals surface area (Å²) in [6.07, 6.45) is 3.10. The predicted molar refractivity (Wildman–Crippen MR) is 206 cm³/mol. The Bertz CT molecular complexity index is 2010. The molecule has 0 bridgehead atoms. The van der Waals surface area contributed by atoms with Crippen molar-refractivity contribution in [1.82, 2.24) is 35.8 Å². The minimum Gasteiger partial charge on any atom is -0.492 e. The Labute approximate surface area is 324 Å². The Morgan fingerprint density at radius 2 is 1.78 bits per heavy atom. The number of aromatic amines is 1. The van der Waals surface area contributed by atoms with Gasteiger partial charge in [-0.3, -0.25) is 4.98 Å². The number of ether oxygens (including phenoxy) is 3. The van der Waals surface area contributed by atoms with Crippen molar-refractivity contribution in [2.45, 2.75) is 52.0 Å². The van der Waals surface area contributed by atoms with Crippen molar-refractivity contribution < 1.29 is 24.4 Å². The number of aromatic nitrogens is 5. The van der Waals surface area contributed by atoms with E-state index in [4.69, 9.17) is 42.5 Å². The van der Waals surface area contributed by atoms with Gasteiger partial charge in [-0.2, -0.15) is 5.26 Å². The van der Waals surface area contributed by atoms with Gasteiger partial charge in [0, 0.05) is 60.7 Å². The molecule has 0 aliphatic carbocycles. The van der Waals surface area contributed by atoms with E-state index >= 15 is 0 Å². The highest BCUT2D eigenvalue weighted by Gasteiger charge is 2.18. The molecule has 0 saturated heterocycles. The SMILES string of the molecule is Cc1c(COc2cc(OCc3cncc(C#N)c3)c(CN(C)CC(C)c3nnn[nH]3)cc2Cl)cccc1-c1cccc(OCCCNC[C@H](O)CO)c1Cl. The number of nitrogens with zero attached hydrogens (tertiary/aromatic N) is 6. The van der Waals surface area contributed by atoms with Crippen LogP contribution in [0.3, 0.4) is 0 Å². The van der Waals surface area contributed by atoms with Crippen molar-refractivity contribution in [3.05, 3.63) is 111 Å². The molecule has 2 atom stereocenters. The number of tetrazole rings is 1. The van der Waals surface area contributed by atoms with Gasteiger partial charge in [-0.25, -0.2) is 5.10 Å². The van der Waals surface area contributed by atoms with E-state index in [1.165, 1.54) is 6.20 Å². The lowest BCUT2D eigenvalue weighted by molar-refractivity contribution is 0.0942. The number of nitriles is 1. The number of hydrogen-bond donors (Lipinski definition) is 4. The molecule has 0 radical (unpaired) electrons. The Morgan fingerprint density at radius 1 is 0.981 bits per heavy atom. The van der Waals surface area contributed by atoms with Crippen molar-refractivity contribution in [3.8, 4) is 34.4 Å². The van der Waals surface area contributed by atoms with E-state index in [1.54, 1.807) is 18.3 Å². The van der Waals surface area contributed by atoms with Gasteiger partial charge in [-0.15, -0.1) is 5.10 Å². The third-order valence-corrected chi connectivity index (χ3v) is 9.40. The predicted octanol–water partition coefficient (Wildman–Crippen LogP) is 5.85. The fraction of sp³-hybridized carbons (Fsp3) is 0.359. The molecular formula is C39H44Cl2N8O5. The van der Waals surface area contributed by atoms with Gasteiger partial charge in [0.2, 0.25) is 0 Å². The molecule has 5 rings (SSSR count). The quantitative estimate of drug-likeness (QED) is 0.0696. The number of H-pyrrole nitrogens is 1. The van der Waals surface area contributed by atoms with Gasteiger partial charge in [0.25, 0.3) is 0 Å². The van der Waals surface area contributed by atoms with Crippen LogP contribution in [0, 0.1) is 18.3 Å². The summed E-state index contributed by atoms with van der Waals surface area (Å²) in [6.45, 7) is 6.79. The summed E-state index contributed by atoms with van der Waals surface area (Å²) in [5, 5.41) is 46.1. The van der Waals surface area contributed by atoms with Crippen molar-refractivity contribution in [1.29, 1.82) is 5.26 Å². The lowest BCUT2D eigenvalue weighted by Gasteiger charge is -2.22. The molecule has 0 saturated carbocycles. The molecule has 284 valence electrons. The van der Waals surface area contributed by atoms with Gasteiger partial charge in [-0.1, -0.05) is 60.5 Å². The second-order valence-electron chi connectivity index (χ2n) is 13.0. The van der Waals surface area contributed by atoms with Crippen molar-refractivity contribution in [2.75, 3.05) is 39.9 Å². The number of benzene rings is 3. The van der Waals surface area contributed by atoms with Crippen LogP contribution in [0.25, 0.3) is 11.1 Å². The summed E-state index contributed by atoms with van der Waals surface area (Å²) in [5.74, 6) is 2.39. The third-order valence-electron chi connectivity index (χ3n) is 8.72. The highest BCUT2D eigenvalue weighted by atomic mass is 35.5. The van der Waals surface area contributed by atoms with E-state index in [0.29, 0.717) is 77.9 Å². The Kier molecular flexibility index (Phi) is 15.0. The molecule has 0 amide bonds. The van der Waals surface area contributed by atoms with Crippen LogP contribution >= 0.6 is 23.2 Å². The van der Waals surface area contributed by atoms with E-state index in [1.807, 2.05) is 63.4 Å². The molecule has 2 heterocycles. The zero-order chi connectivity index (χ0) is 38.5. The summed E-state index contributed by atoms with van der Waals surface area (Å²) in [5.41, 5.74) is 5.79. The van der Waals surface area contributed by atoms with Gasteiger partial charge in [0.05, 0.1) is 34.9 Å². The highest BCUT2D eigenvalue weighted by Crippen LogP contribution is 2.39. The van der Waals surface area contributed by atoms with Gasteiger partial charge in [0.1, 0.15) is 36.5 Å². The maximum atomic E-state index is 9.48. The molecule has 15 heteroatoms. The molecular weight excluding hydrogens is 731 g/mol. The monoisotopic (exact) mass is 774 g/mol. The van der Waals surface area contributed by atoms with Crippen LogP contribution in [0.15, 0.2) is 67.0 Å². The van der Waals surface area contributed by atoms with Crippen LogP contribution in [0.2, 0.25) is 10.0 Å². The fourth-order valence-electron chi connectivity index (χ4n) is 5.85. The van der Waals surface area contributed by atoms with E-state index in [-0.39, 0.29) is 25.7 Å². The van der Waals surface area contributed by atoms with E-state index in [2.05, 4.69) is 41.9 Å². The Morgan fingerprint density at radius 3 is 2.56 bits per heavy atom. The molecule has 0 fully saturated rings. The van der Waals surface area contributed by atoms with Gasteiger partial charge < -0.3 is 34.6 Å². The summed E-state index contributed by atoms with van der Waals surface area (Å²) < 4.78 is 18.7. The standard InChI is InChI=1S/C39H44Cl2N8O5/c1-25(39-45-47-48-46-39)20-49(3)21-30-14-34(40)37(15-36(30)53-23-28-13-27(16-42)17-44-18-28)54-24-29-7-4-8-32(26(29)2)33-9-5-10-35(38(33)41)52-12-6-11-43-19-31(51)22-50/h4-5,7-10,13-15,17-18,25,31,43,50-51H,6,11-12,19-24H2,1-3H3,(H,45,46,47,48)/t25?,31-/m0/s1. The number of aliphatic hydroxyl groups is 2. The first kappa shape index (κ1) is 40.4. The van der Waals surface area contributed by atoms with E-state index < -0.39 is 6.10 Å². The first-order valence-corrected chi connectivity index (χ1v) is 18.3.